The molecule has 0 bridgehead atoms. The highest BCUT2D eigenvalue weighted by Crippen LogP contribution is 2.24. The zero-order valence-corrected chi connectivity index (χ0v) is 17.5. The Balaban J connectivity index is 1.46. The average Bonchev–Trinajstić information content (AvgIpc) is 3.30. The van der Waals surface area contributed by atoms with Crippen molar-refractivity contribution in [1.82, 2.24) is 9.91 Å². The van der Waals surface area contributed by atoms with Gasteiger partial charge in [-0.05, 0) is 55.3 Å². The van der Waals surface area contributed by atoms with Gasteiger partial charge in [-0.25, -0.2) is 4.39 Å². The Morgan fingerprint density at radius 2 is 1.57 bits per heavy atom. The minimum atomic E-state index is -0.638. The summed E-state index contributed by atoms with van der Waals surface area (Å²) >= 11 is 0. The number of anilines is 1. The molecule has 0 aliphatic carbocycles. The molecule has 2 saturated heterocycles. The minimum Gasteiger partial charge on any atom is -0.504 e. The first-order valence-corrected chi connectivity index (χ1v) is 10.6. The second-order valence-electron chi connectivity index (χ2n) is 8.06. The Bertz CT molecular complexity index is 912. The molecular weight excluding hydrogens is 379 g/mol. The Labute approximate surface area is 177 Å². The third kappa shape index (κ3) is 5.00. The lowest BCUT2D eigenvalue weighted by molar-refractivity contribution is 0.159. The number of likely N-dealkylation sites (N-methyl/N-ethyl adjacent to an activating group) is 1. The van der Waals surface area contributed by atoms with Crippen LogP contribution in [0, 0.1) is 5.82 Å². The van der Waals surface area contributed by atoms with Crippen molar-refractivity contribution in [2.75, 3.05) is 51.2 Å². The van der Waals surface area contributed by atoms with E-state index < -0.39 is 5.82 Å². The molecular formula is C24H29FN4O. The summed E-state index contributed by atoms with van der Waals surface area (Å²) in [6.07, 6.45) is 7.89. The number of rotatable bonds is 5. The van der Waals surface area contributed by atoms with Crippen molar-refractivity contribution in [3.63, 3.8) is 0 Å². The van der Waals surface area contributed by atoms with Crippen LogP contribution in [0.1, 0.15) is 29.5 Å². The molecule has 0 radical (unpaired) electrons. The van der Waals surface area contributed by atoms with Crippen molar-refractivity contribution in [3.05, 3.63) is 58.9 Å². The number of piperazine rings is 1. The summed E-state index contributed by atoms with van der Waals surface area (Å²) in [4.78, 5) is 4.64. The van der Waals surface area contributed by atoms with Crippen LogP contribution in [-0.2, 0) is 0 Å². The Morgan fingerprint density at radius 3 is 2.27 bits per heavy atom. The molecule has 5 nitrogen and oxygen atoms in total. The number of phenolic OH excluding ortho intramolecular Hbond substituents is 1. The molecule has 0 aromatic heterocycles. The van der Waals surface area contributed by atoms with Crippen LogP contribution in [-0.4, -0.2) is 67.5 Å². The number of halogens is 1. The lowest BCUT2D eigenvalue weighted by atomic mass is 10.1. The molecule has 1 N–H and O–H groups in total. The van der Waals surface area contributed by atoms with Gasteiger partial charge in [-0.2, -0.15) is 5.10 Å². The van der Waals surface area contributed by atoms with E-state index in [4.69, 9.17) is 0 Å². The summed E-state index contributed by atoms with van der Waals surface area (Å²) in [7, 11) is 2.08. The highest BCUT2D eigenvalue weighted by Gasteiger charge is 2.13. The minimum absolute atomic E-state index is 0.361. The van der Waals surface area contributed by atoms with Crippen molar-refractivity contribution >= 4 is 24.1 Å². The summed E-state index contributed by atoms with van der Waals surface area (Å²) in [6, 6.07) is 11.5. The quantitative estimate of drug-likeness (QED) is 0.602. The third-order valence-corrected chi connectivity index (χ3v) is 5.79. The van der Waals surface area contributed by atoms with E-state index in [0.29, 0.717) is 11.1 Å². The fraction of sp³-hybridized carbons (Fsp3) is 0.375. The molecule has 0 saturated carbocycles. The normalized spacial score (nSPS) is 18.2. The fourth-order valence-corrected chi connectivity index (χ4v) is 3.86. The monoisotopic (exact) mass is 408 g/mol. The van der Waals surface area contributed by atoms with Crippen LogP contribution in [0.25, 0.3) is 12.2 Å². The topological polar surface area (TPSA) is 42.3 Å². The number of hydrogen-bond acceptors (Lipinski definition) is 5. The van der Waals surface area contributed by atoms with E-state index in [1.807, 2.05) is 17.2 Å². The molecule has 30 heavy (non-hydrogen) atoms. The molecule has 0 spiro atoms. The van der Waals surface area contributed by atoms with Crippen molar-refractivity contribution in [2.45, 2.75) is 12.8 Å². The first-order valence-electron chi connectivity index (χ1n) is 10.6. The summed E-state index contributed by atoms with van der Waals surface area (Å²) in [5, 5.41) is 16.5. The van der Waals surface area contributed by atoms with E-state index in [1.165, 1.54) is 24.6 Å². The molecule has 2 aliphatic heterocycles. The van der Waals surface area contributed by atoms with Gasteiger partial charge in [0.1, 0.15) is 0 Å². The molecule has 158 valence electrons. The molecule has 2 fully saturated rings. The van der Waals surface area contributed by atoms with Gasteiger partial charge in [-0.3, -0.25) is 5.01 Å². The molecule has 0 atom stereocenters. The van der Waals surface area contributed by atoms with Crippen molar-refractivity contribution in [2.24, 2.45) is 5.10 Å². The summed E-state index contributed by atoms with van der Waals surface area (Å²) in [5.74, 6) is -0.999. The van der Waals surface area contributed by atoms with Crippen LogP contribution in [0.2, 0.25) is 0 Å². The SMILES string of the molecule is CN1CCN(/N=C/c2cc(/C=C/c3ccc(N4CCCC4)cc3)cc(F)c2O)CC1. The Morgan fingerprint density at radius 1 is 0.900 bits per heavy atom. The molecule has 2 aliphatic rings. The van der Waals surface area contributed by atoms with E-state index in [2.05, 4.69) is 46.2 Å². The highest BCUT2D eigenvalue weighted by molar-refractivity contribution is 5.85. The largest absolute Gasteiger partial charge is 0.504 e. The van der Waals surface area contributed by atoms with Crippen molar-refractivity contribution in [1.29, 1.82) is 0 Å². The van der Waals surface area contributed by atoms with Crippen LogP contribution in [0.4, 0.5) is 10.1 Å². The molecule has 0 amide bonds. The zero-order valence-electron chi connectivity index (χ0n) is 17.5. The molecule has 2 heterocycles. The van der Waals surface area contributed by atoms with E-state index in [9.17, 15) is 9.50 Å². The smallest absolute Gasteiger partial charge is 0.166 e. The zero-order chi connectivity index (χ0) is 20.9. The molecule has 0 unspecified atom stereocenters. The fourth-order valence-electron chi connectivity index (χ4n) is 3.86. The standard InChI is InChI=1S/C24H29FN4O/c1-27-12-14-29(15-13-27)26-18-21-16-20(17-23(25)24(21)30)5-4-19-6-8-22(9-7-19)28-10-2-3-11-28/h4-9,16-18,30H,2-3,10-15H2,1H3/b5-4+,26-18+. The summed E-state index contributed by atoms with van der Waals surface area (Å²) in [5.41, 5.74) is 3.38. The average molecular weight is 409 g/mol. The van der Waals surface area contributed by atoms with Gasteiger partial charge in [0.2, 0.25) is 0 Å². The van der Waals surface area contributed by atoms with Crippen LogP contribution in [0.5, 0.6) is 5.75 Å². The van der Waals surface area contributed by atoms with E-state index >= 15 is 0 Å². The van der Waals surface area contributed by atoms with Gasteiger partial charge in [0.15, 0.2) is 11.6 Å². The molecule has 2 aromatic rings. The first kappa shape index (κ1) is 20.4. The Kier molecular flexibility index (Phi) is 6.33. The number of nitrogens with zero attached hydrogens (tertiary/aromatic N) is 4. The number of aromatic hydroxyl groups is 1. The van der Waals surface area contributed by atoms with Crippen LogP contribution in [0.3, 0.4) is 0 Å². The maximum atomic E-state index is 14.2. The maximum Gasteiger partial charge on any atom is 0.166 e. The number of benzene rings is 2. The van der Waals surface area contributed by atoms with E-state index in [-0.39, 0.29) is 5.75 Å². The second kappa shape index (κ2) is 9.30. The van der Waals surface area contributed by atoms with Gasteiger partial charge in [-0.1, -0.05) is 24.3 Å². The summed E-state index contributed by atoms with van der Waals surface area (Å²) < 4.78 is 14.2. The van der Waals surface area contributed by atoms with E-state index in [0.717, 1.165) is 44.8 Å². The molecule has 4 rings (SSSR count). The van der Waals surface area contributed by atoms with Gasteiger partial charge in [0.25, 0.3) is 0 Å². The van der Waals surface area contributed by atoms with Crippen LogP contribution in [0.15, 0.2) is 41.5 Å². The van der Waals surface area contributed by atoms with Crippen LogP contribution >= 0.6 is 0 Å². The molecule has 6 heteroatoms. The molecule has 2 aromatic carbocycles. The van der Waals surface area contributed by atoms with Crippen LogP contribution < -0.4 is 4.90 Å². The lowest BCUT2D eigenvalue weighted by Crippen LogP contribution is -2.41. The van der Waals surface area contributed by atoms with Crippen molar-refractivity contribution < 1.29 is 9.50 Å². The third-order valence-electron chi connectivity index (χ3n) is 5.79. The van der Waals surface area contributed by atoms with Gasteiger partial charge >= 0.3 is 0 Å². The lowest BCUT2D eigenvalue weighted by Gasteiger charge is -2.30. The second-order valence-corrected chi connectivity index (χ2v) is 8.06. The summed E-state index contributed by atoms with van der Waals surface area (Å²) in [6.45, 7) is 5.78. The predicted molar refractivity (Wildman–Crippen MR) is 122 cm³/mol. The first-order chi connectivity index (χ1) is 14.6. The highest BCUT2D eigenvalue weighted by atomic mass is 19.1. The van der Waals surface area contributed by atoms with Crippen molar-refractivity contribution in [3.8, 4) is 5.75 Å². The Hall–Kier alpha value is -2.86. The van der Waals surface area contributed by atoms with Gasteiger partial charge < -0.3 is 14.9 Å². The number of hydrogen-bond donors (Lipinski definition) is 1. The predicted octanol–water partition coefficient (Wildman–Crippen LogP) is 3.88. The van der Waals surface area contributed by atoms with E-state index in [1.54, 1.807) is 12.3 Å². The van der Waals surface area contributed by atoms with Gasteiger partial charge in [0, 0.05) is 50.5 Å². The maximum absolute atomic E-state index is 14.2. The number of phenols is 1. The van der Waals surface area contributed by atoms with Gasteiger partial charge in [-0.15, -0.1) is 0 Å². The number of hydrazone groups is 1. The van der Waals surface area contributed by atoms with Gasteiger partial charge in [0.05, 0.1) is 6.21 Å².